The first kappa shape index (κ1) is 23.6. The molecule has 1 atom stereocenters. The molecule has 180 valence electrons. The number of β-amino-alcohol motifs (C(OH)–C–C–N with tert-alkyl or cyclic N) is 1. The zero-order valence-corrected chi connectivity index (χ0v) is 20.4. The van der Waals surface area contributed by atoms with E-state index >= 15 is 0 Å². The Hall–Kier alpha value is -3.10. The number of piperazine rings is 1. The van der Waals surface area contributed by atoms with Crippen molar-refractivity contribution in [3.8, 4) is 17.0 Å². The fourth-order valence-electron chi connectivity index (χ4n) is 4.64. The Kier molecular flexibility index (Phi) is 7.80. The molecule has 1 aliphatic rings. The monoisotopic (exact) mass is 486 g/mol. The molecular weight excluding hydrogens is 456 g/mol. The summed E-state index contributed by atoms with van der Waals surface area (Å²) in [5, 5.41) is 16.6. The van der Waals surface area contributed by atoms with Gasteiger partial charge in [0.1, 0.15) is 24.2 Å². The highest BCUT2D eigenvalue weighted by Crippen LogP contribution is 2.29. The van der Waals surface area contributed by atoms with Crippen LogP contribution in [0, 0.1) is 0 Å². The predicted octanol–water partition coefficient (Wildman–Crippen LogP) is 4.35. The fourth-order valence-corrected chi connectivity index (χ4v) is 5.11. The van der Waals surface area contributed by atoms with Crippen LogP contribution in [0.4, 0.5) is 0 Å². The van der Waals surface area contributed by atoms with Crippen molar-refractivity contribution in [1.82, 2.24) is 19.4 Å². The van der Waals surface area contributed by atoms with Crippen LogP contribution in [0.2, 0.25) is 0 Å². The molecule has 1 saturated heterocycles. The summed E-state index contributed by atoms with van der Waals surface area (Å²) in [6.07, 6.45) is -0.539. The molecule has 3 aromatic carbocycles. The van der Waals surface area contributed by atoms with E-state index in [9.17, 15) is 5.11 Å². The lowest BCUT2D eigenvalue weighted by Gasteiger charge is -2.40. The number of nitrogens with zero attached hydrogens (tertiary/aromatic N) is 4. The second-order valence-corrected chi connectivity index (χ2v) is 9.45. The van der Waals surface area contributed by atoms with Gasteiger partial charge < -0.3 is 9.84 Å². The van der Waals surface area contributed by atoms with Gasteiger partial charge >= 0.3 is 0 Å². The summed E-state index contributed by atoms with van der Waals surface area (Å²) in [5.74, 6) is 0.745. The largest absolute Gasteiger partial charge is 0.491 e. The van der Waals surface area contributed by atoms with Crippen LogP contribution in [0.5, 0.6) is 5.75 Å². The van der Waals surface area contributed by atoms with Gasteiger partial charge in [-0.3, -0.25) is 9.80 Å². The standard InChI is InChI=1S/C28H30N4O2S/c33-25(20-34-26-13-11-22(12-14-26)27-21-35-30-29-27)19-31-15-17-32(18-16-31)28(23-7-3-1-4-8-23)24-9-5-2-6-10-24/h1-14,21,25,28,33H,15-20H2/t25-/m0/s1. The minimum Gasteiger partial charge on any atom is -0.491 e. The molecule has 1 fully saturated rings. The van der Waals surface area contributed by atoms with Crippen LogP contribution >= 0.6 is 11.5 Å². The number of aliphatic hydroxyl groups is 1. The first-order valence-corrected chi connectivity index (χ1v) is 12.8. The molecule has 5 rings (SSSR count). The molecule has 1 aromatic heterocycles. The molecule has 0 radical (unpaired) electrons. The molecule has 2 heterocycles. The number of aromatic nitrogens is 2. The maximum Gasteiger partial charge on any atom is 0.119 e. The third-order valence-corrected chi connectivity index (χ3v) is 6.93. The summed E-state index contributed by atoms with van der Waals surface area (Å²) >= 11 is 1.34. The molecule has 6 nitrogen and oxygen atoms in total. The van der Waals surface area contributed by atoms with Gasteiger partial charge in [-0.25, -0.2) is 0 Å². The van der Waals surface area contributed by atoms with Crippen molar-refractivity contribution in [3.05, 3.63) is 101 Å². The van der Waals surface area contributed by atoms with Gasteiger partial charge in [0.05, 0.1) is 6.04 Å². The van der Waals surface area contributed by atoms with Gasteiger partial charge in [0.15, 0.2) is 0 Å². The third-order valence-electron chi connectivity index (χ3n) is 6.42. The summed E-state index contributed by atoms with van der Waals surface area (Å²) in [6.45, 7) is 4.63. The topological polar surface area (TPSA) is 61.7 Å². The van der Waals surface area contributed by atoms with Gasteiger partial charge in [-0.05, 0) is 46.9 Å². The molecule has 1 aliphatic heterocycles. The number of hydrogen-bond donors (Lipinski definition) is 1. The Morgan fingerprint density at radius 1 is 0.829 bits per heavy atom. The second kappa shape index (κ2) is 11.6. The molecule has 0 unspecified atom stereocenters. The van der Waals surface area contributed by atoms with E-state index < -0.39 is 6.10 Å². The van der Waals surface area contributed by atoms with Gasteiger partial charge in [0, 0.05) is 43.7 Å². The van der Waals surface area contributed by atoms with E-state index in [1.165, 1.54) is 22.7 Å². The van der Waals surface area contributed by atoms with Crippen LogP contribution in [0.3, 0.4) is 0 Å². The minimum atomic E-state index is -0.539. The van der Waals surface area contributed by atoms with Gasteiger partial charge in [-0.1, -0.05) is 65.2 Å². The summed E-state index contributed by atoms with van der Waals surface area (Å²) in [4.78, 5) is 4.87. The van der Waals surface area contributed by atoms with Crippen molar-refractivity contribution in [2.45, 2.75) is 12.1 Å². The summed E-state index contributed by atoms with van der Waals surface area (Å²) in [5.41, 5.74) is 4.51. The van der Waals surface area contributed by atoms with Crippen LogP contribution in [0.1, 0.15) is 17.2 Å². The zero-order valence-electron chi connectivity index (χ0n) is 19.6. The number of rotatable bonds is 9. The van der Waals surface area contributed by atoms with Crippen LogP contribution in [-0.2, 0) is 0 Å². The number of benzene rings is 3. The van der Waals surface area contributed by atoms with Crippen LogP contribution in [0.15, 0.2) is 90.3 Å². The van der Waals surface area contributed by atoms with Crippen molar-refractivity contribution >= 4 is 11.5 Å². The van der Waals surface area contributed by atoms with Gasteiger partial charge in [-0.2, -0.15) is 0 Å². The zero-order chi connectivity index (χ0) is 23.9. The Labute approximate surface area is 210 Å². The average molecular weight is 487 g/mol. The number of ether oxygens (including phenoxy) is 1. The lowest BCUT2D eigenvalue weighted by molar-refractivity contribution is 0.0401. The molecule has 35 heavy (non-hydrogen) atoms. The summed E-state index contributed by atoms with van der Waals surface area (Å²) < 4.78 is 9.74. The molecule has 0 spiro atoms. The lowest BCUT2D eigenvalue weighted by atomic mass is 9.96. The van der Waals surface area contributed by atoms with Gasteiger partial charge in [0.25, 0.3) is 0 Å². The molecule has 7 heteroatoms. The Bertz CT molecular complexity index is 1110. The second-order valence-electron chi connectivity index (χ2n) is 8.84. The summed E-state index contributed by atoms with van der Waals surface area (Å²) in [6, 6.07) is 29.4. The van der Waals surface area contributed by atoms with E-state index in [0.29, 0.717) is 6.54 Å². The Morgan fingerprint density at radius 2 is 1.46 bits per heavy atom. The van der Waals surface area contributed by atoms with Crippen molar-refractivity contribution in [2.75, 3.05) is 39.3 Å². The normalized spacial score (nSPS) is 15.8. The van der Waals surface area contributed by atoms with E-state index in [2.05, 4.69) is 80.1 Å². The average Bonchev–Trinajstić information content (AvgIpc) is 3.46. The Morgan fingerprint density at radius 3 is 2.03 bits per heavy atom. The van der Waals surface area contributed by atoms with E-state index in [4.69, 9.17) is 4.74 Å². The molecule has 0 saturated carbocycles. The smallest absolute Gasteiger partial charge is 0.119 e. The highest BCUT2D eigenvalue weighted by atomic mass is 32.1. The van der Waals surface area contributed by atoms with Crippen molar-refractivity contribution in [3.63, 3.8) is 0 Å². The number of hydrogen-bond acceptors (Lipinski definition) is 7. The number of aliphatic hydroxyl groups excluding tert-OH is 1. The molecule has 0 aliphatic carbocycles. The predicted molar refractivity (Wildman–Crippen MR) is 140 cm³/mol. The maximum absolute atomic E-state index is 10.6. The first-order valence-electron chi connectivity index (χ1n) is 12.0. The third kappa shape index (κ3) is 6.13. The molecule has 4 aromatic rings. The van der Waals surface area contributed by atoms with Crippen molar-refractivity contribution in [1.29, 1.82) is 0 Å². The van der Waals surface area contributed by atoms with E-state index in [0.717, 1.165) is 43.2 Å². The van der Waals surface area contributed by atoms with Crippen LogP contribution in [-0.4, -0.2) is 69.9 Å². The lowest BCUT2D eigenvalue weighted by Crippen LogP contribution is -2.50. The molecule has 0 amide bonds. The van der Waals surface area contributed by atoms with Crippen molar-refractivity contribution in [2.24, 2.45) is 0 Å². The van der Waals surface area contributed by atoms with E-state index in [1.54, 1.807) is 0 Å². The maximum atomic E-state index is 10.6. The summed E-state index contributed by atoms with van der Waals surface area (Å²) in [7, 11) is 0. The minimum absolute atomic E-state index is 0.246. The molecule has 1 N–H and O–H groups in total. The van der Waals surface area contributed by atoms with Crippen LogP contribution in [0.25, 0.3) is 11.3 Å². The highest BCUT2D eigenvalue weighted by molar-refractivity contribution is 7.03. The van der Waals surface area contributed by atoms with Gasteiger partial charge in [-0.15, -0.1) is 5.10 Å². The highest BCUT2D eigenvalue weighted by Gasteiger charge is 2.27. The van der Waals surface area contributed by atoms with Gasteiger partial charge in [0.2, 0.25) is 0 Å². The quantitative estimate of drug-likeness (QED) is 0.380. The SMILES string of the molecule is O[C@H](COc1ccc(-c2csnn2)cc1)CN1CCN(C(c2ccccc2)c2ccccc2)CC1. The Balaban J connectivity index is 1.12. The van der Waals surface area contributed by atoms with Crippen molar-refractivity contribution < 1.29 is 9.84 Å². The fraction of sp³-hybridized carbons (Fsp3) is 0.286. The molecule has 0 bridgehead atoms. The van der Waals surface area contributed by atoms with E-state index in [-0.39, 0.29) is 12.6 Å². The van der Waals surface area contributed by atoms with E-state index in [1.807, 2.05) is 29.6 Å². The first-order chi connectivity index (χ1) is 17.3. The molecular formula is C28H30N4O2S. The van der Waals surface area contributed by atoms with Crippen LogP contribution < -0.4 is 4.74 Å².